The summed E-state index contributed by atoms with van der Waals surface area (Å²) in [4.78, 5) is 0. The lowest BCUT2D eigenvalue weighted by molar-refractivity contribution is 1.25. The van der Waals surface area contributed by atoms with Gasteiger partial charge >= 0.3 is 0 Å². The molecule has 0 saturated carbocycles. The van der Waals surface area contributed by atoms with Crippen molar-refractivity contribution in [3.8, 4) is 0 Å². The second-order valence-electron chi connectivity index (χ2n) is 4.13. The molecule has 1 atom stereocenters. The number of hydrogen-bond acceptors (Lipinski definition) is 1. The Kier molecular flexibility index (Phi) is 4.27. The molecule has 0 nitrogen and oxygen atoms in total. The van der Waals surface area contributed by atoms with Crippen molar-refractivity contribution in [2.75, 3.05) is 5.75 Å². The lowest BCUT2D eigenvalue weighted by Crippen LogP contribution is -1.89. The Labute approximate surface area is 108 Å². The van der Waals surface area contributed by atoms with Crippen LogP contribution in [0.2, 0.25) is 0 Å². The van der Waals surface area contributed by atoms with Crippen molar-refractivity contribution in [3.05, 3.63) is 54.1 Å². The van der Waals surface area contributed by atoms with Gasteiger partial charge in [0, 0.05) is 5.25 Å². The highest BCUT2D eigenvalue weighted by Crippen LogP contribution is 2.18. The van der Waals surface area contributed by atoms with Gasteiger partial charge in [-0.3, -0.25) is 0 Å². The van der Waals surface area contributed by atoms with E-state index in [2.05, 4.69) is 68.5 Å². The first-order valence-electron chi connectivity index (χ1n) is 6.08. The van der Waals surface area contributed by atoms with Gasteiger partial charge in [-0.2, -0.15) is 11.8 Å². The van der Waals surface area contributed by atoms with Gasteiger partial charge in [-0.25, -0.2) is 0 Å². The maximum atomic E-state index is 2.28. The van der Waals surface area contributed by atoms with Crippen molar-refractivity contribution < 1.29 is 0 Å². The first-order chi connectivity index (χ1) is 8.29. The molecule has 2 aromatic rings. The van der Waals surface area contributed by atoms with Gasteiger partial charge in [0.2, 0.25) is 0 Å². The van der Waals surface area contributed by atoms with Gasteiger partial charge in [0.15, 0.2) is 0 Å². The van der Waals surface area contributed by atoms with Crippen molar-refractivity contribution in [1.82, 2.24) is 0 Å². The van der Waals surface area contributed by atoms with Crippen LogP contribution in [0, 0.1) is 0 Å². The monoisotopic (exact) mass is 242 g/mol. The van der Waals surface area contributed by atoms with Gasteiger partial charge in [-0.1, -0.05) is 55.5 Å². The van der Waals surface area contributed by atoms with Crippen molar-refractivity contribution in [2.24, 2.45) is 0 Å². The minimum absolute atomic E-state index is 0.589. The molecule has 0 radical (unpaired) electrons. The maximum absolute atomic E-state index is 2.28. The zero-order valence-electron chi connectivity index (χ0n) is 10.4. The van der Waals surface area contributed by atoms with Gasteiger partial charge < -0.3 is 0 Å². The minimum Gasteiger partial charge on any atom is -0.155 e. The van der Waals surface area contributed by atoms with Crippen molar-refractivity contribution in [1.29, 1.82) is 0 Å². The SMILES string of the molecule is CCSC(C)/C=C/c1ccc2ccccc2c1. The fraction of sp³-hybridized carbons (Fsp3) is 0.250. The van der Waals surface area contributed by atoms with Crippen LogP contribution in [0.5, 0.6) is 0 Å². The molecule has 88 valence electrons. The summed E-state index contributed by atoms with van der Waals surface area (Å²) in [7, 11) is 0. The van der Waals surface area contributed by atoms with Crippen LogP contribution in [-0.4, -0.2) is 11.0 Å². The van der Waals surface area contributed by atoms with Gasteiger partial charge in [0.1, 0.15) is 0 Å². The predicted molar refractivity (Wildman–Crippen MR) is 80.6 cm³/mol. The molecule has 0 spiro atoms. The topological polar surface area (TPSA) is 0 Å². The van der Waals surface area contributed by atoms with E-state index in [1.54, 1.807) is 0 Å². The first-order valence-corrected chi connectivity index (χ1v) is 7.13. The Morgan fingerprint density at radius 1 is 1.12 bits per heavy atom. The summed E-state index contributed by atoms with van der Waals surface area (Å²) >= 11 is 1.97. The van der Waals surface area contributed by atoms with E-state index in [4.69, 9.17) is 0 Å². The van der Waals surface area contributed by atoms with Gasteiger partial charge in [0.05, 0.1) is 0 Å². The molecule has 0 aliphatic rings. The lowest BCUT2D eigenvalue weighted by atomic mass is 10.1. The standard InChI is InChI=1S/C16H18S/c1-3-17-13(2)8-9-14-10-11-15-6-4-5-7-16(15)12-14/h4-13H,3H2,1-2H3/b9-8+. The molecular formula is C16H18S. The van der Waals surface area contributed by atoms with Gasteiger partial charge in [0.25, 0.3) is 0 Å². The van der Waals surface area contributed by atoms with Gasteiger partial charge in [-0.15, -0.1) is 0 Å². The van der Waals surface area contributed by atoms with Crippen LogP contribution in [0.15, 0.2) is 48.5 Å². The van der Waals surface area contributed by atoms with Gasteiger partial charge in [-0.05, 0) is 35.1 Å². The van der Waals surface area contributed by atoms with Crippen LogP contribution in [-0.2, 0) is 0 Å². The van der Waals surface area contributed by atoms with E-state index >= 15 is 0 Å². The lowest BCUT2D eigenvalue weighted by Gasteiger charge is -2.03. The molecule has 0 aromatic heterocycles. The molecular weight excluding hydrogens is 224 g/mol. The molecule has 0 saturated heterocycles. The van der Waals surface area contributed by atoms with E-state index < -0.39 is 0 Å². The zero-order chi connectivity index (χ0) is 12.1. The minimum atomic E-state index is 0.589. The quantitative estimate of drug-likeness (QED) is 0.727. The molecule has 0 aliphatic heterocycles. The smallest absolute Gasteiger partial charge is 0.0201 e. The van der Waals surface area contributed by atoms with Crippen LogP contribution < -0.4 is 0 Å². The van der Waals surface area contributed by atoms with E-state index in [0.717, 1.165) is 0 Å². The maximum Gasteiger partial charge on any atom is 0.0201 e. The Morgan fingerprint density at radius 2 is 1.88 bits per heavy atom. The third-order valence-electron chi connectivity index (χ3n) is 2.76. The zero-order valence-corrected chi connectivity index (χ0v) is 11.2. The Hall–Kier alpha value is -1.21. The molecule has 2 rings (SSSR count). The summed E-state index contributed by atoms with van der Waals surface area (Å²) in [5.74, 6) is 1.17. The Bertz CT molecular complexity index is 514. The Balaban J connectivity index is 2.19. The molecule has 1 unspecified atom stereocenters. The molecule has 0 bridgehead atoms. The van der Waals surface area contributed by atoms with E-state index in [1.165, 1.54) is 22.1 Å². The average Bonchev–Trinajstić information content (AvgIpc) is 2.36. The summed E-state index contributed by atoms with van der Waals surface area (Å²) < 4.78 is 0. The van der Waals surface area contributed by atoms with Crippen molar-refractivity contribution in [2.45, 2.75) is 19.1 Å². The van der Waals surface area contributed by atoms with Crippen LogP contribution >= 0.6 is 11.8 Å². The highest BCUT2D eigenvalue weighted by Gasteiger charge is 1.96. The Morgan fingerprint density at radius 3 is 2.65 bits per heavy atom. The normalized spacial score (nSPS) is 13.3. The van der Waals surface area contributed by atoms with Crippen LogP contribution in [0.4, 0.5) is 0 Å². The third kappa shape index (κ3) is 3.37. The molecule has 0 N–H and O–H groups in total. The van der Waals surface area contributed by atoms with Crippen molar-refractivity contribution >= 4 is 28.6 Å². The van der Waals surface area contributed by atoms with Crippen LogP contribution in [0.3, 0.4) is 0 Å². The third-order valence-corrected chi connectivity index (χ3v) is 3.78. The highest BCUT2D eigenvalue weighted by molar-refractivity contribution is 8.00. The van der Waals surface area contributed by atoms with Crippen molar-refractivity contribution in [3.63, 3.8) is 0 Å². The summed E-state index contributed by atoms with van der Waals surface area (Å²) in [6.45, 7) is 4.44. The summed E-state index contributed by atoms with van der Waals surface area (Å²) in [5, 5.41) is 3.21. The molecule has 0 amide bonds. The first kappa shape index (κ1) is 12.3. The fourth-order valence-electron chi connectivity index (χ4n) is 1.88. The van der Waals surface area contributed by atoms with Crippen LogP contribution in [0.1, 0.15) is 19.4 Å². The van der Waals surface area contributed by atoms with E-state index in [0.29, 0.717) is 5.25 Å². The summed E-state index contributed by atoms with van der Waals surface area (Å²) in [5.41, 5.74) is 1.28. The molecule has 0 aliphatic carbocycles. The number of thioether (sulfide) groups is 1. The number of fused-ring (bicyclic) bond motifs is 1. The average molecular weight is 242 g/mol. The second kappa shape index (κ2) is 5.92. The summed E-state index contributed by atoms with van der Waals surface area (Å²) in [6, 6.07) is 15.1. The van der Waals surface area contributed by atoms with E-state index in [1.807, 2.05) is 11.8 Å². The summed E-state index contributed by atoms with van der Waals surface area (Å²) in [6.07, 6.45) is 4.50. The van der Waals surface area contributed by atoms with E-state index in [-0.39, 0.29) is 0 Å². The molecule has 1 heteroatoms. The molecule has 17 heavy (non-hydrogen) atoms. The number of hydrogen-bond donors (Lipinski definition) is 0. The number of benzene rings is 2. The molecule has 0 heterocycles. The highest BCUT2D eigenvalue weighted by atomic mass is 32.2. The van der Waals surface area contributed by atoms with Crippen LogP contribution in [0.25, 0.3) is 16.8 Å². The van der Waals surface area contributed by atoms with E-state index in [9.17, 15) is 0 Å². The number of rotatable bonds is 4. The fourth-order valence-corrected chi connectivity index (χ4v) is 2.59. The molecule has 0 fully saturated rings. The molecule has 2 aromatic carbocycles. The second-order valence-corrected chi connectivity index (χ2v) is 5.78. The largest absolute Gasteiger partial charge is 0.155 e. The predicted octanol–water partition coefficient (Wildman–Crippen LogP) is 4.99.